The van der Waals surface area contributed by atoms with Crippen LogP contribution in [-0.2, 0) is 9.53 Å². The van der Waals surface area contributed by atoms with Gasteiger partial charge in [0, 0.05) is 20.2 Å². The number of nitrogens with one attached hydrogen (secondary N) is 1. The number of imide groups is 1. The van der Waals surface area contributed by atoms with Crippen LogP contribution in [0.25, 0.3) is 0 Å². The van der Waals surface area contributed by atoms with Crippen molar-refractivity contribution in [3.05, 3.63) is 0 Å². The van der Waals surface area contributed by atoms with Gasteiger partial charge in [0.15, 0.2) is 0 Å². The molecule has 0 aromatic heterocycles. The Hall–Kier alpha value is -0.810. The Balaban J connectivity index is 2.33. The number of hydrogen-bond acceptors (Lipinski definition) is 3. The first-order valence-corrected chi connectivity index (χ1v) is 5.38. The summed E-state index contributed by atoms with van der Waals surface area (Å²) in [4.78, 5) is 23.9. The molecular formula is C9H15ClN2O3. The van der Waals surface area contributed by atoms with Crippen molar-refractivity contribution in [2.75, 3.05) is 26.1 Å². The summed E-state index contributed by atoms with van der Waals surface area (Å²) in [6.07, 6.45) is 1.83. The van der Waals surface area contributed by atoms with Gasteiger partial charge in [-0.25, -0.2) is 4.79 Å². The third-order valence-corrected chi connectivity index (χ3v) is 2.67. The zero-order valence-electron chi connectivity index (χ0n) is 8.66. The van der Waals surface area contributed by atoms with E-state index >= 15 is 0 Å². The van der Waals surface area contributed by atoms with Crippen molar-refractivity contribution < 1.29 is 14.3 Å². The minimum atomic E-state index is -0.462. The van der Waals surface area contributed by atoms with Crippen LogP contribution in [0.2, 0.25) is 0 Å². The molecule has 0 spiro atoms. The van der Waals surface area contributed by atoms with Gasteiger partial charge >= 0.3 is 6.03 Å². The van der Waals surface area contributed by atoms with E-state index in [0.29, 0.717) is 13.1 Å². The van der Waals surface area contributed by atoms with Gasteiger partial charge in [-0.2, -0.15) is 0 Å². The predicted octanol–water partition coefficient (Wildman–Crippen LogP) is 0.572. The van der Waals surface area contributed by atoms with Crippen LogP contribution in [0.5, 0.6) is 0 Å². The lowest BCUT2D eigenvalue weighted by Crippen LogP contribution is -2.47. The number of ether oxygens (including phenoxy) is 1. The second-order valence-electron chi connectivity index (χ2n) is 3.41. The number of methoxy groups -OCH3 is 1. The van der Waals surface area contributed by atoms with Crippen LogP contribution in [-0.4, -0.2) is 49.0 Å². The molecule has 0 saturated carbocycles. The highest BCUT2D eigenvalue weighted by Crippen LogP contribution is 2.12. The van der Waals surface area contributed by atoms with Crippen LogP contribution in [0, 0.1) is 0 Å². The third kappa shape index (κ3) is 3.68. The molecule has 0 aromatic carbocycles. The maximum absolute atomic E-state index is 11.5. The van der Waals surface area contributed by atoms with E-state index in [9.17, 15) is 9.59 Å². The van der Waals surface area contributed by atoms with Crippen LogP contribution in [0.4, 0.5) is 4.79 Å². The first-order valence-electron chi connectivity index (χ1n) is 4.85. The van der Waals surface area contributed by atoms with Gasteiger partial charge in [-0.15, -0.1) is 11.6 Å². The Morgan fingerprint density at radius 3 is 2.53 bits per heavy atom. The fourth-order valence-electron chi connectivity index (χ4n) is 1.53. The van der Waals surface area contributed by atoms with Gasteiger partial charge in [-0.1, -0.05) is 0 Å². The summed E-state index contributed by atoms with van der Waals surface area (Å²) in [7, 11) is 1.66. The van der Waals surface area contributed by atoms with Crippen molar-refractivity contribution >= 4 is 23.5 Å². The molecule has 1 fully saturated rings. The quantitative estimate of drug-likeness (QED) is 0.711. The Bertz CT molecular complexity index is 240. The van der Waals surface area contributed by atoms with Crippen LogP contribution in [0.3, 0.4) is 0 Å². The van der Waals surface area contributed by atoms with Gasteiger partial charge in [0.1, 0.15) is 5.88 Å². The molecule has 0 radical (unpaired) electrons. The van der Waals surface area contributed by atoms with E-state index in [1.54, 1.807) is 12.0 Å². The minimum Gasteiger partial charge on any atom is -0.381 e. The third-order valence-electron chi connectivity index (χ3n) is 2.43. The number of nitrogens with zero attached hydrogens (tertiary/aromatic N) is 1. The second-order valence-corrected chi connectivity index (χ2v) is 3.68. The Morgan fingerprint density at radius 2 is 2.07 bits per heavy atom. The summed E-state index contributed by atoms with van der Waals surface area (Å²) in [6, 6.07) is -0.366. The summed E-state index contributed by atoms with van der Waals surface area (Å²) in [6.45, 7) is 1.22. The molecule has 0 atom stereocenters. The van der Waals surface area contributed by atoms with Crippen molar-refractivity contribution in [1.82, 2.24) is 10.2 Å². The highest BCUT2D eigenvalue weighted by Gasteiger charge is 2.23. The minimum absolute atomic E-state index is 0.194. The Morgan fingerprint density at radius 1 is 1.47 bits per heavy atom. The molecule has 15 heavy (non-hydrogen) atoms. The lowest BCUT2D eigenvalue weighted by molar-refractivity contribution is -0.117. The summed E-state index contributed by atoms with van der Waals surface area (Å²) in [5.41, 5.74) is 0. The summed E-state index contributed by atoms with van der Waals surface area (Å²) in [5.74, 6) is -0.657. The first kappa shape index (κ1) is 12.3. The molecule has 0 aliphatic carbocycles. The molecule has 1 saturated heterocycles. The van der Waals surface area contributed by atoms with Gasteiger partial charge in [0.2, 0.25) is 5.91 Å². The van der Waals surface area contributed by atoms with Crippen molar-refractivity contribution in [2.24, 2.45) is 0 Å². The molecule has 1 heterocycles. The second kappa shape index (κ2) is 5.92. The number of amides is 3. The molecule has 86 valence electrons. The molecule has 1 aliphatic rings. The Kier molecular flexibility index (Phi) is 4.84. The van der Waals surface area contributed by atoms with Crippen molar-refractivity contribution in [3.63, 3.8) is 0 Å². The van der Waals surface area contributed by atoms with Gasteiger partial charge in [-0.3, -0.25) is 10.1 Å². The van der Waals surface area contributed by atoms with E-state index in [0.717, 1.165) is 12.8 Å². The summed E-state index contributed by atoms with van der Waals surface area (Å²) < 4.78 is 5.18. The number of likely N-dealkylation sites (tertiary alicyclic amines) is 1. The van der Waals surface area contributed by atoms with Crippen LogP contribution >= 0.6 is 11.6 Å². The summed E-state index contributed by atoms with van der Waals surface area (Å²) in [5, 5.41) is 2.21. The monoisotopic (exact) mass is 234 g/mol. The van der Waals surface area contributed by atoms with E-state index in [1.165, 1.54) is 0 Å². The molecule has 0 unspecified atom stereocenters. The normalized spacial score (nSPS) is 17.6. The average Bonchev–Trinajstić information content (AvgIpc) is 2.29. The molecule has 0 bridgehead atoms. The van der Waals surface area contributed by atoms with Crippen molar-refractivity contribution in [3.8, 4) is 0 Å². The number of halogens is 1. The number of piperidine rings is 1. The van der Waals surface area contributed by atoms with Crippen LogP contribution in [0.1, 0.15) is 12.8 Å². The molecule has 0 aromatic rings. The summed E-state index contributed by atoms with van der Waals surface area (Å²) >= 11 is 5.28. The predicted molar refractivity (Wildman–Crippen MR) is 55.9 cm³/mol. The number of carbonyl (C=O) groups excluding carboxylic acids is 2. The zero-order valence-corrected chi connectivity index (χ0v) is 9.42. The Labute approximate surface area is 93.7 Å². The number of urea groups is 1. The fraction of sp³-hybridized carbons (Fsp3) is 0.778. The first-order chi connectivity index (χ1) is 7.17. The maximum Gasteiger partial charge on any atom is 0.324 e. The molecule has 1 rings (SSSR count). The zero-order chi connectivity index (χ0) is 11.3. The van der Waals surface area contributed by atoms with Crippen molar-refractivity contribution in [2.45, 2.75) is 18.9 Å². The van der Waals surface area contributed by atoms with E-state index in [-0.39, 0.29) is 18.0 Å². The molecule has 3 amide bonds. The average molecular weight is 235 g/mol. The number of carbonyl (C=O) groups is 2. The molecule has 5 nitrogen and oxygen atoms in total. The highest BCUT2D eigenvalue weighted by atomic mass is 35.5. The van der Waals surface area contributed by atoms with Gasteiger partial charge in [0.25, 0.3) is 0 Å². The topological polar surface area (TPSA) is 58.6 Å². The van der Waals surface area contributed by atoms with Gasteiger partial charge in [0.05, 0.1) is 6.10 Å². The molecule has 6 heteroatoms. The fourth-order valence-corrected chi connectivity index (χ4v) is 1.59. The maximum atomic E-state index is 11.5. The number of alkyl halides is 1. The lowest BCUT2D eigenvalue weighted by Gasteiger charge is -2.30. The highest BCUT2D eigenvalue weighted by molar-refractivity contribution is 6.28. The molecular weight excluding hydrogens is 220 g/mol. The smallest absolute Gasteiger partial charge is 0.324 e. The van der Waals surface area contributed by atoms with E-state index in [2.05, 4.69) is 5.32 Å². The molecule has 1 aliphatic heterocycles. The standard InChI is InChI=1S/C9H15ClN2O3/c1-15-7-2-4-12(5-3-7)9(14)11-8(13)6-10/h7H,2-6H2,1H3,(H,11,13,14). The molecule has 1 N–H and O–H groups in total. The number of hydrogen-bond donors (Lipinski definition) is 1. The van der Waals surface area contributed by atoms with Crippen molar-refractivity contribution in [1.29, 1.82) is 0 Å². The van der Waals surface area contributed by atoms with Crippen LogP contribution < -0.4 is 5.32 Å². The van der Waals surface area contributed by atoms with E-state index in [1.807, 2.05) is 0 Å². The van der Waals surface area contributed by atoms with E-state index < -0.39 is 5.91 Å². The van der Waals surface area contributed by atoms with Gasteiger partial charge < -0.3 is 9.64 Å². The van der Waals surface area contributed by atoms with E-state index in [4.69, 9.17) is 16.3 Å². The van der Waals surface area contributed by atoms with Crippen LogP contribution in [0.15, 0.2) is 0 Å². The van der Waals surface area contributed by atoms with Gasteiger partial charge in [-0.05, 0) is 12.8 Å². The lowest BCUT2D eigenvalue weighted by atomic mass is 10.1. The number of rotatable bonds is 2. The SMILES string of the molecule is COC1CCN(C(=O)NC(=O)CCl)CC1. The largest absolute Gasteiger partial charge is 0.381 e.